The summed E-state index contributed by atoms with van der Waals surface area (Å²) in [5.41, 5.74) is 2.17. The number of halogens is 1. The molecule has 2 aromatic carbocycles. The Kier molecular flexibility index (Phi) is 5.90. The summed E-state index contributed by atoms with van der Waals surface area (Å²) in [5, 5.41) is 5.86. The van der Waals surface area contributed by atoms with Gasteiger partial charge in [0.25, 0.3) is 11.8 Å². The van der Waals surface area contributed by atoms with Crippen molar-refractivity contribution in [2.45, 2.75) is 19.3 Å². The summed E-state index contributed by atoms with van der Waals surface area (Å²) < 4.78 is 0. The predicted octanol–water partition coefficient (Wildman–Crippen LogP) is 3.75. The van der Waals surface area contributed by atoms with Crippen molar-refractivity contribution in [1.29, 1.82) is 0 Å². The van der Waals surface area contributed by atoms with Crippen LogP contribution in [0, 0.1) is 0 Å². The van der Waals surface area contributed by atoms with Crippen molar-refractivity contribution in [1.82, 2.24) is 10.2 Å². The monoisotopic (exact) mass is 426 g/mol. The van der Waals surface area contributed by atoms with E-state index in [-0.39, 0.29) is 17.8 Å². The van der Waals surface area contributed by atoms with Crippen LogP contribution in [-0.2, 0) is 0 Å². The average molecular weight is 427 g/mol. The second-order valence-corrected chi connectivity index (χ2v) is 7.84. The molecule has 2 aromatic rings. The molecule has 0 saturated carbocycles. The molecule has 0 atom stereocenters. The molecule has 7 nitrogen and oxygen atoms in total. The minimum atomic E-state index is -0.293. The molecule has 4 amide bonds. The summed E-state index contributed by atoms with van der Waals surface area (Å²) in [7, 11) is 0. The lowest BCUT2D eigenvalue weighted by atomic mass is 10.1. The van der Waals surface area contributed by atoms with Crippen molar-refractivity contribution in [3.63, 3.8) is 0 Å². The third-order valence-electron chi connectivity index (χ3n) is 5.40. The summed E-state index contributed by atoms with van der Waals surface area (Å²) in [4.78, 5) is 40.4. The first-order valence-electron chi connectivity index (χ1n) is 10.1. The van der Waals surface area contributed by atoms with E-state index >= 15 is 0 Å². The maximum absolute atomic E-state index is 12.7. The van der Waals surface area contributed by atoms with E-state index in [1.807, 2.05) is 4.90 Å². The number of hydrogen-bond acceptors (Lipinski definition) is 3. The molecular weight excluding hydrogens is 404 g/mol. The lowest BCUT2D eigenvalue weighted by Crippen LogP contribution is -2.35. The number of carbonyl (C=O) groups excluding carboxylic acids is 3. The number of nitrogens with one attached hydrogen (secondary N) is 2. The fraction of sp³-hybridized carbons (Fsp3) is 0.318. The maximum Gasteiger partial charge on any atom is 0.321 e. The first-order chi connectivity index (χ1) is 14.5. The summed E-state index contributed by atoms with van der Waals surface area (Å²) in [5.74, 6) is -0.363. The molecule has 0 aromatic heterocycles. The molecule has 8 heteroatoms. The fourth-order valence-corrected chi connectivity index (χ4v) is 4.01. The van der Waals surface area contributed by atoms with E-state index in [0.29, 0.717) is 34.9 Å². The Bertz CT molecular complexity index is 971. The number of amides is 4. The zero-order valence-corrected chi connectivity index (χ0v) is 17.2. The molecule has 0 radical (unpaired) electrons. The van der Waals surface area contributed by atoms with E-state index < -0.39 is 0 Å². The first-order valence-corrected chi connectivity index (χ1v) is 10.5. The molecule has 0 unspecified atom stereocenters. The quantitative estimate of drug-likeness (QED) is 0.781. The topological polar surface area (TPSA) is 81.8 Å². The summed E-state index contributed by atoms with van der Waals surface area (Å²) in [6.07, 6.45) is 3.17. The normalized spacial score (nSPS) is 16.4. The van der Waals surface area contributed by atoms with Crippen LogP contribution in [0.1, 0.15) is 40.0 Å². The van der Waals surface area contributed by atoms with Gasteiger partial charge in [0.15, 0.2) is 0 Å². The van der Waals surface area contributed by atoms with Crippen LogP contribution in [0.15, 0.2) is 42.5 Å². The molecule has 0 spiro atoms. The van der Waals surface area contributed by atoms with Crippen LogP contribution < -0.4 is 15.5 Å². The van der Waals surface area contributed by atoms with Crippen LogP contribution in [0.2, 0.25) is 5.02 Å². The largest absolute Gasteiger partial charge is 0.339 e. The van der Waals surface area contributed by atoms with Crippen molar-refractivity contribution >= 4 is 40.8 Å². The molecule has 4 rings (SSSR count). The van der Waals surface area contributed by atoms with Gasteiger partial charge < -0.3 is 15.5 Å². The van der Waals surface area contributed by atoms with E-state index in [2.05, 4.69) is 10.6 Å². The number of anilines is 2. The summed E-state index contributed by atoms with van der Waals surface area (Å²) >= 11 is 6.34. The lowest BCUT2D eigenvalue weighted by Gasteiger charge is -2.27. The third kappa shape index (κ3) is 4.26. The van der Waals surface area contributed by atoms with Crippen LogP contribution in [0.3, 0.4) is 0 Å². The number of rotatable bonds is 4. The molecule has 2 fully saturated rings. The van der Waals surface area contributed by atoms with Crippen molar-refractivity contribution < 1.29 is 14.4 Å². The Morgan fingerprint density at radius 1 is 0.967 bits per heavy atom. The highest BCUT2D eigenvalue weighted by Gasteiger charge is 2.22. The SMILES string of the molecule is O=C(Nc1ccc(C(=O)N2CCCCC2)c(Cl)c1)c1ccc(N2CCNC2=O)cc1. The van der Waals surface area contributed by atoms with Gasteiger partial charge in [-0.15, -0.1) is 0 Å². The van der Waals surface area contributed by atoms with Gasteiger partial charge in [-0.2, -0.15) is 0 Å². The van der Waals surface area contributed by atoms with E-state index in [9.17, 15) is 14.4 Å². The minimum Gasteiger partial charge on any atom is -0.339 e. The van der Waals surface area contributed by atoms with Crippen molar-refractivity contribution in [2.75, 3.05) is 36.4 Å². The summed E-state index contributed by atoms with van der Waals surface area (Å²) in [6, 6.07) is 11.6. The minimum absolute atomic E-state index is 0.0703. The zero-order chi connectivity index (χ0) is 21.1. The van der Waals surface area contributed by atoms with Crippen LogP contribution >= 0.6 is 11.6 Å². The average Bonchev–Trinajstić information content (AvgIpc) is 3.20. The Balaban J connectivity index is 1.42. The highest BCUT2D eigenvalue weighted by atomic mass is 35.5. The second-order valence-electron chi connectivity index (χ2n) is 7.43. The van der Waals surface area contributed by atoms with Gasteiger partial charge in [0.05, 0.1) is 10.6 Å². The van der Waals surface area contributed by atoms with E-state index in [0.717, 1.165) is 38.0 Å². The molecule has 2 saturated heterocycles. The molecule has 2 aliphatic rings. The van der Waals surface area contributed by atoms with Crippen molar-refractivity contribution in [2.24, 2.45) is 0 Å². The number of hydrogen-bond donors (Lipinski definition) is 2. The number of likely N-dealkylation sites (tertiary alicyclic amines) is 1. The Morgan fingerprint density at radius 3 is 2.33 bits per heavy atom. The van der Waals surface area contributed by atoms with Gasteiger partial charge in [-0.1, -0.05) is 11.6 Å². The fourth-order valence-electron chi connectivity index (χ4n) is 3.75. The standard InChI is InChI=1S/C22H23ClN4O3/c23-19-14-16(6-9-18(19)21(29)26-11-2-1-3-12-26)25-20(28)15-4-7-17(8-5-15)27-13-10-24-22(27)30/h4-9,14H,1-3,10-13H2,(H,24,30)(H,25,28). The predicted molar refractivity (Wildman–Crippen MR) is 116 cm³/mol. The molecule has 2 N–H and O–H groups in total. The van der Waals surface area contributed by atoms with E-state index in [4.69, 9.17) is 11.6 Å². The molecule has 0 bridgehead atoms. The number of urea groups is 1. The van der Waals surface area contributed by atoms with Gasteiger partial charge in [0, 0.05) is 43.1 Å². The highest BCUT2D eigenvalue weighted by molar-refractivity contribution is 6.34. The van der Waals surface area contributed by atoms with Crippen molar-refractivity contribution in [3.05, 3.63) is 58.6 Å². The van der Waals surface area contributed by atoms with Crippen LogP contribution in [0.5, 0.6) is 0 Å². The molecular formula is C22H23ClN4O3. The van der Waals surface area contributed by atoms with E-state index in [1.165, 1.54) is 0 Å². The Morgan fingerprint density at radius 2 is 1.70 bits per heavy atom. The van der Waals surface area contributed by atoms with Gasteiger partial charge in [-0.25, -0.2) is 4.79 Å². The molecule has 30 heavy (non-hydrogen) atoms. The second kappa shape index (κ2) is 8.75. The maximum atomic E-state index is 12.7. The zero-order valence-electron chi connectivity index (χ0n) is 16.5. The molecule has 2 aliphatic heterocycles. The smallest absolute Gasteiger partial charge is 0.321 e. The molecule has 0 aliphatic carbocycles. The van der Waals surface area contributed by atoms with Crippen LogP contribution in [0.25, 0.3) is 0 Å². The molecule has 2 heterocycles. The van der Waals surface area contributed by atoms with Gasteiger partial charge in [-0.3, -0.25) is 14.5 Å². The lowest BCUT2D eigenvalue weighted by molar-refractivity contribution is 0.0724. The number of piperidine rings is 1. The third-order valence-corrected chi connectivity index (χ3v) is 5.71. The number of nitrogens with zero attached hydrogens (tertiary/aromatic N) is 2. The van der Waals surface area contributed by atoms with Gasteiger partial charge in [-0.05, 0) is 61.7 Å². The first kappa shape index (κ1) is 20.2. The highest BCUT2D eigenvalue weighted by Crippen LogP contribution is 2.25. The van der Waals surface area contributed by atoms with E-state index in [1.54, 1.807) is 47.4 Å². The van der Waals surface area contributed by atoms with Gasteiger partial charge >= 0.3 is 6.03 Å². The summed E-state index contributed by atoms with van der Waals surface area (Å²) in [6.45, 7) is 2.72. The van der Waals surface area contributed by atoms with Gasteiger partial charge in [0.2, 0.25) is 0 Å². The van der Waals surface area contributed by atoms with Gasteiger partial charge in [0.1, 0.15) is 0 Å². The van der Waals surface area contributed by atoms with Crippen molar-refractivity contribution in [3.8, 4) is 0 Å². The Labute approximate surface area is 180 Å². The number of carbonyl (C=O) groups is 3. The number of benzene rings is 2. The molecule has 156 valence electrons. The van der Waals surface area contributed by atoms with Crippen LogP contribution in [0.4, 0.5) is 16.2 Å². The van der Waals surface area contributed by atoms with Crippen LogP contribution in [-0.4, -0.2) is 48.9 Å². The Hall–Kier alpha value is -3.06.